The quantitative estimate of drug-likeness (QED) is 0.218. The first-order valence-corrected chi connectivity index (χ1v) is 6.73. The Hall–Kier alpha value is 0.667. The van der Waals surface area contributed by atoms with E-state index in [0.29, 0.717) is 4.08 Å². The third-order valence-corrected chi connectivity index (χ3v) is 3.99. The number of nitrogens with zero attached hydrogens (tertiary/aromatic N) is 2. The van der Waals surface area contributed by atoms with Crippen molar-refractivity contribution in [2.24, 2.45) is 0 Å². The van der Waals surface area contributed by atoms with Crippen LogP contribution in [-0.2, 0) is 0 Å². The van der Waals surface area contributed by atoms with E-state index in [2.05, 4.69) is 0 Å². The standard InChI is InChI=1S/CCl4N2Si/c2-7(1-6)8(3,4)5. The van der Waals surface area contributed by atoms with Gasteiger partial charge in [-0.1, -0.05) is 0 Å². The monoisotopic (exact) mass is 208 g/mol. The predicted molar refractivity (Wildman–Crippen MR) is 36.6 cm³/mol. The summed E-state index contributed by atoms with van der Waals surface area (Å²) in [6.07, 6.45) is -1.64. The third-order valence-electron chi connectivity index (χ3n) is 0.310. The van der Waals surface area contributed by atoms with Gasteiger partial charge >= 0.3 is 6.16 Å². The van der Waals surface area contributed by atoms with E-state index in [1.807, 2.05) is 0 Å². The first kappa shape index (κ1) is 8.67. The van der Waals surface area contributed by atoms with Gasteiger partial charge in [0.15, 0.2) is 6.19 Å². The van der Waals surface area contributed by atoms with Crippen molar-refractivity contribution in [1.29, 1.82) is 5.26 Å². The molecule has 2 nitrogen and oxygen atoms in total. The van der Waals surface area contributed by atoms with Gasteiger partial charge in [0.1, 0.15) is 0 Å². The van der Waals surface area contributed by atoms with E-state index < -0.39 is 6.16 Å². The first-order valence-electron chi connectivity index (χ1n) is 1.41. The summed E-state index contributed by atoms with van der Waals surface area (Å²) in [5.41, 5.74) is 0. The van der Waals surface area contributed by atoms with Crippen LogP contribution in [-0.4, -0.2) is 10.2 Å². The lowest BCUT2D eigenvalue weighted by Crippen LogP contribution is -2.27. The van der Waals surface area contributed by atoms with Crippen LogP contribution in [0.25, 0.3) is 0 Å². The topological polar surface area (TPSA) is 27.0 Å². The Morgan fingerprint density at radius 1 is 1.38 bits per heavy atom. The van der Waals surface area contributed by atoms with E-state index in [4.69, 9.17) is 50.3 Å². The maximum atomic E-state index is 8.00. The number of hydrogen-bond acceptors (Lipinski definition) is 2. The molecule has 0 saturated carbocycles. The minimum Gasteiger partial charge on any atom is -0.206 e. The minimum atomic E-state index is -3.11. The van der Waals surface area contributed by atoms with E-state index in [1.54, 1.807) is 0 Å². The first-order chi connectivity index (χ1) is 3.48. The van der Waals surface area contributed by atoms with Gasteiger partial charge < -0.3 is 0 Å². The molecule has 0 aliphatic rings. The second-order valence-corrected chi connectivity index (χ2v) is 9.52. The maximum absolute atomic E-state index is 8.00. The summed E-state index contributed by atoms with van der Waals surface area (Å²) in [5.74, 6) is 0. The normalized spacial score (nSPS) is 10.4. The SMILES string of the molecule is N#CN(Cl)[Si](Cl)(Cl)Cl. The number of rotatable bonds is 1. The molecule has 0 spiro atoms. The summed E-state index contributed by atoms with van der Waals surface area (Å²) in [5, 5.41) is 8.00. The van der Waals surface area contributed by atoms with Crippen LogP contribution >= 0.6 is 45.0 Å². The Kier molecular flexibility index (Phi) is 3.24. The fourth-order valence-corrected chi connectivity index (χ4v) is 0.510. The second-order valence-electron chi connectivity index (χ2n) is 0.849. The summed E-state index contributed by atoms with van der Waals surface area (Å²) in [6, 6.07) is 0. The molecule has 8 heavy (non-hydrogen) atoms. The Labute approximate surface area is 66.8 Å². The number of hydrogen-bond donors (Lipinski definition) is 0. The molecule has 0 aromatic carbocycles. The van der Waals surface area contributed by atoms with Gasteiger partial charge in [0.25, 0.3) is 0 Å². The van der Waals surface area contributed by atoms with Crippen LogP contribution < -0.4 is 0 Å². The van der Waals surface area contributed by atoms with Crippen molar-refractivity contribution in [3.05, 3.63) is 0 Å². The van der Waals surface area contributed by atoms with Gasteiger partial charge in [-0.2, -0.15) is 5.26 Å². The number of halogens is 4. The van der Waals surface area contributed by atoms with Crippen LogP contribution in [0.15, 0.2) is 0 Å². The number of nitriles is 1. The zero-order valence-corrected chi connectivity index (χ0v) is 7.43. The summed E-state index contributed by atoms with van der Waals surface area (Å²) in [4.78, 5) is 0. The van der Waals surface area contributed by atoms with Gasteiger partial charge in [-0.3, -0.25) is 0 Å². The van der Waals surface area contributed by atoms with Gasteiger partial charge in [0.2, 0.25) is 0 Å². The largest absolute Gasteiger partial charge is 0.478 e. The molecule has 46 valence electrons. The zero-order valence-electron chi connectivity index (χ0n) is 3.41. The molecule has 0 radical (unpaired) electrons. The molecule has 0 rings (SSSR count). The van der Waals surface area contributed by atoms with Crippen molar-refractivity contribution in [2.45, 2.75) is 0 Å². The summed E-state index contributed by atoms with van der Waals surface area (Å²) >= 11 is 20.8. The van der Waals surface area contributed by atoms with E-state index in [1.165, 1.54) is 6.19 Å². The lowest BCUT2D eigenvalue weighted by Gasteiger charge is -2.09. The fraction of sp³-hybridized carbons (Fsp3) is 0. The van der Waals surface area contributed by atoms with Crippen LogP contribution in [0, 0.1) is 11.5 Å². The zero-order chi connectivity index (χ0) is 6.78. The lowest BCUT2D eigenvalue weighted by atomic mass is 11.5. The molecular formula is CCl4N2Si. The lowest BCUT2D eigenvalue weighted by molar-refractivity contribution is 0.986. The van der Waals surface area contributed by atoms with Gasteiger partial charge in [-0.15, -0.1) is 33.2 Å². The molecular weight excluding hydrogens is 210 g/mol. The van der Waals surface area contributed by atoms with Crippen LogP contribution in [0.2, 0.25) is 0 Å². The molecule has 0 fully saturated rings. The van der Waals surface area contributed by atoms with Crippen molar-refractivity contribution in [2.75, 3.05) is 0 Å². The van der Waals surface area contributed by atoms with Gasteiger partial charge in [-0.25, -0.2) is 4.08 Å². The van der Waals surface area contributed by atoms with Gasteiger partial charge in [0, 0.05) is 11.8 Å². The molecule has 7 heteroatoms. The van der Waals surface area contributed by atoms with Crippen LogP contribution in [0.5, 0.6) is 0 Å². The Morgan fingerprint density at radius 2 is 1.75 bits per heavy atom. The molecule has 0 N–H and O–H groups in total. The second kappa shape index (κ2) is 2.99. The molecule has 0 heterocycles. The molecule has 0 aliphatic heterocycles. The maximum Gasteiger partial charge on any atom is 0.478 e. The highest BCUT2D eigenvalue weighted by Crippen LogP contribution is 2.25. The summed E-state index contributed by atoms with van der Waals surface area (Å²) in [7, 11) is 0. The van der Waals surface area contributed by atoms with E-state index in [9.17, 15) is 0 Å². The van der Waals surface area contributed by atoms with E-state index in [0.717, 1.165) is 0 Å². The highest BCUT2D eigenvalue weighted by Gasteiger charge is 2.34. The van der Waals surface area contributed by atoms with Crippen LogP contribution in [0.1, 0.15) is 0 Å². The van der Waals surface area contributed by atoms with Crippen LogP contribution in [0.4, 0.5) is 0 Å². The molecule has 0 amide bonds. The summed E-state index contributed by atoms with van der Waals surface area (Å²) in [6.45, 7) is 0. The van der Waals surface area contributed by atoms with Crippen molar-refractivity contribution in [1.82, 2.24) is 4.08 Å². The van der Waals surface area contributed by atoms with Crippen molar-refractivity contribution in [3.8, 4) is 6.19 Å². The van der Waals surface area contributed by atoms with E-state index in [-0.39, 0.29) is 0 Å². The predicted octanol–water partition coefficient (Wildman–Crippen LogP) is 2.08. The van der Waals surface area contributed by atoms with Gasteiger partial charge in [0.05, 0.1) is 0 Å². The highest BCUT2D eigenvalue weighted by molar-refractivity contribution is 7.64. The highest BCUT2D eigenvalue weighted by atomic mass is 35.8. The van der Waals surface area contributed by atoms with Crippen LogP contribution in [0.3, 0.4) is 0 Å². The summed E-state index contributed by atoms with van der Waals surface area (Å²) < 4.78 is 0.525. The van der Waals surface area contributed by atoms with Crippen molar-refractivity contribution in [3.63, 3.8) is 0 Å². The Bertz CT molecular complexity index is 112. The van der Waals surface area contributed by atoms with Crippen molar-refractivity contribution < 1.29 is 0 Å². The molecule has 0 atom stereocenters. The molecule has 0 bridgehead atoms. The average Bonchev–Trinajstić information content (AvgIpc) is 1.62. The molecule has 0 aromatic rings. The Morgan fingerprint density at radius 3 is 1.75 bits per heavy atom. The van der Waals surface area contributed by atoms with E-state index >= 15 is 0 Å². The fourth-order valence-electron chi connectivity index (χ4n) is 0.0567. The smallest absolute Gasteiger partial charge is 0.206 e. The minimum absolute atomic E-state index is 0.525. The molecule has 0 unspecified atom stereocenters. The molecule has 0 aromatic heterocycles. The van der Waals surface area contributed by atoms with Gasteiger partial charge in [-0.05, 0) is 0 Å². The molecule has 0 aliphatic carbocycles. The molecule has 0 saturated heterocycles. The average molecular weight is 210 g/mol. The van der Waals surface area contributed by atoms with Crippen molar-refractivity contribution >= 4 is 51.2 Å². The third kappa shape index (κ3) is 2.85. The Balaban J connectivity index is 3.87.